The fourth-order valence-electron chi connectivity index (χ4n) is 1.75. The molecule has 5 N–H and O–H groups in total. The van der Waals surface area contributed by atoms with Gasteiger partial charge >= 0.3 is 5.97 Å². The molecule has 0 aliphatic carbocycles. The third-order valence-electron chi connectivity index (χ3n) is 2.68. The number of ether oxygens (including phenoxy) is 1. The minimum Gasteiger partial charge on any atom is -0.478 e. The van der Waals surface area contributed by atoms with Crippen LogP contribution in [0.1, 0.15) is 20.7 Å². The van der Waals surface area contributed by atoms with Crippen LogP contribution in [0.25, 0.3) is 0 Å². The topological polar surface area (TPSA) is 116 Å². The fraction of sp³-hybridized carbons (Fsp3) is 0. The van der Waals surface area contributed by atoms with Crippen molar-refractivity contribution < 1.29 is 23.8 Å². The number of carboxylic acids is 1. The van der Waals surface area contributed by atoms with Crippen molar-refractivity contribution in [1.29, 1.82) is 0 Å². The number of anilines is 1. The van der Waals surface area contributed by atoms with E-state index < -0.39 is 23.3 Å². The molecule has 108 valence electrons. The lowest BCUT2D eigenvalue weighted by molar-refractivity contribution is 0.0694. The van der Waals surface area contributed by atoms with Crippen LogP contribution in [0.3, 0.4) is 0 Å². The molecular formula is C14H11FN2O4. The second-order valence-electron chi connectivity index (χ2n) is 4.14. The molecule has 6 nitrogen and oxygen atoms in total. The Morgan fingerprint density at radius 1 is 1.14 bits per heavy atom. The van der Waals surface area contributed by atoms with Crippen molar-refractivity contribution in [3.63, 3.8) is 0 Å². The second kappa shape index (κ2) is 5.49. The van der Waals surface area contributed by atoms with Gasteiger partial charge in [-0.1, -0.05) is 6.07 Å². The van der Waals surface area contributed by atoms with Crippen molar-refractivity contribution in [2.75, 3.05) is 5.73 Å². The van der Waals surface area contributed by atoms with Crippen molar-refractivity contribution in [2.45, 2.75) is 0 Å². The first-order chi connectivity index (χ1) is 9.90. The van der Waals surface area contributed by atoms with Crippen LogP contribution in [-0.4, -0.2) is 17.0 Å². The first-order valence-electron chi connectivity index (χ1n) is 5.79. The monoisotopic (exact) mass is 290 g/mol. The van der Waals surface area contributed by atoms with E-state index in [1.54, 1.807) is 0 Å². The van der Waals surface area contributed by atoms with Crippen molar-refractivity contribution >= 4 is 17.6 Å². The number of carbonyl (C=O) groups excluding carboxylic acids is 1. The lowest BCUT2D eigenvalue weighted by atomic mass is 10.1. The minimum absolute atomic E-state index is 0.115. The largest absolute Gasteiger partial charge is 0.478 e. The Balaban J connectivity index is 2.53. The Kier molecular flexibility index (Phi) is 3.75. The van der Waals surface area contributed by atoms with Crippen molar-refractivity contribution in [2.24, 2.45) is 5.73 Å². The van der Waals surface area contributed by atoms with E-state index in [4.69, 9.17) is 21.3 Å². The van der Waals surface area contributed by atoms with Gasteiger partial charge < -0.3 is 21.3 Å². The summed E-state index contributed by atoms with van der Waals surface area (Å²) in [6.45, 7) is 0. The van der Waals surface area contributed by atoms with Gasteiger partial charge in [-0.3, -0.25) is 4.79 Å². The number of primary amides is 1. The highest BCUT2D eigenvalue weighted by Crippen LogP contribution is 2.30. The normalized spacial score (nSPS) is 10.1. The molecule has 0 saturated heterocycles. The van der Waals surface area contributed by atoms with Gasteiger partial charge in [0.1, 0.15) is 28.4 Å². The summed E-state index contributed by atoms with van der Waals surface area (Å²) in [5.41, 5.74) is 10.3. The molecule has 0 aliphatic heterocycles. The van der Waals surface area contributed by atoms with E-state index in [0.29, 0.717) is 0 Å². The summed E-state index contributed by atoms with van der Waals surface area (Å²) in [7, 11) is 0. The highest BCUT2D eigenvalue weighted by Gasteiger charge is 2.18. The minimum atomic E-state index is -1.25. The number of hydrogen-bond acceptors (Lipinski definition) is 4. The van der Waals surface area contributed by atoms with Crippen LogP contribution < -0.4 is 16.2 Å². The quantitative estimate of drug-likeness (QED) is 0.745. The van der Waals surface area contributed by atoms with Crippen LogP contribution in [0.2, 0.25) is 0 Å². The summed E-state index contributed by atoms with van der Waals surface area (Å²) >= 11 is 0. The predicted octanol–water partition coefficient (Wildman–Crippen LogP) is 2.00. The molecule has 0 bridgehead atoms. The van der Waals surface area contributed by atoms with E-state index in [0.717, 1.165) is 6.07 Å². The van der Waals surface area contributed by atoms with Crippen LogP contribution in [-0.2, 0) is 0 Å². The van der Waals surface area contributed by atoms with E-state index >= 15 is 0 Å². The number of nitrogens with two attached hydrogens (primary N) is 2. The number of amides is 1. The SMILES string of the molecule is NC(=O)c1c(F)cccc1Oc1cc(N)ccc1C(=O)O. The fourth-order valence-corrected chi connectivity index (χ4v) is 1.75. The number of halogens is 1. The summed E-state index contributed by atoms with van der Waals surface area (Å²) in [6.07, 6.45) is 0. The zero-order valence-electron chi connectivity index (χ0n) is 10.7. The van der Waals surface area contributed by atoms with Gasteiger partial charge in [0.2, 0.25) is 0 Å². The lowest BCUT2D eigenvalue weighted by Crippen LogP contribution is -2.14. The molecule has 0 spiro atoms. The number of rotatable bonds is 4. The van der Waals surface area contributed by atoms with Gasteiger partial charge in [-0.25, -0.2) is 9.18 Å². The van der Waals surface area contributed by atoms with Crippen LogP contribution in [0.4, 0.5) is 10.1 Å². The van der Waals surface area contributed by atoms with Crippen LogP contribution in [0.5, 0.6) is 11.5 Å². The molecule has 0 atom stereocenters. The lowest BCUT2D eigenvalue weighted by Gasteiger charge is -2.12. The van der Waals surface area contributed by atoms with Crippen molar-refractivity contribution in [3.8, 4) is 11.5 Å². The third kappa shape index (κ3) is 2.92. The molecule has 2 aromatic rings. The van der Waals surface area contributed by atoms with Crippen LogP contribution in [0.15, 0.2) is 36.4 Å². The first kappa shape index (κ1) is 14.3. The molecule has 2 rings (SSSR count). The summed E-state index contributed by atoms with van der Waals surface area (Å²) in [5.74, 6) is -3.43. The maximum absolute atomic E-state index is 13.6. The molecule has 1 amide bonds. The van der Waals surface area contributed by atoms with Crippen LogP contribution in [0, 0.1) is 5.82 Å². The number of hydrogen-bond donors (Lipinski definition) is 3. The summed E-state index contributed by atoms with van der Waals surface area (Å²) in [6, 6.07) is 7.55. The van der Waals surface area contributed by atoms with Gasteiger partial charge in [-0.05, 0) is 24.3 Å². The van der Waals surface area contributed by atoms with Gasteiger partial charge in [-0.15, -0.1) is 0 Å². The van der Waals surface area contributed by atoms with Gasteiger partial charge in [-0.2, -0.15) is 0 Å². The highest BCUT2D eigenvalue weighted by atomic mass is 19.1. The summed E-state index contributed by atoms with van der Waals surface area (Å²) in [4.78, 5) is 22.4. The third-order valence-corrected chi connectivity index (χ3v) is 2.68. The molecule has 2 aromatic carbocycles. The first-order valence-corrected chi connectivity index (χ1v) is 5.79. The Morgan fingerprint density at radius 2 is 1.86 bits per heavy atom. The second-order valence-corrected chi connectivity index (χ2v) is 4.14. The van der Waals surface area contributed by atoms with Crippen LogP contribution >= 0.6 is 0 Å². The van der Waals surface area contributed by atoms with Gasteiger partial charge in [0.05, 0.1) is 0 Å². The zero-order chi connectivity index (χ0) is 15.6. The molecule has 0 radical (unpaired) electrons. The zero-order valence-corrected chi connectivity index (χ0v) is 10.7. The van der Waals surface area contributed by atoms with Gasteiger partial charge in [0.15, 0.2) is 0 Å². The van der Waals surface area contributed by atoms with E-state index in [-0.39, 0.29) is 22.7 Å². The average molecular weight is 290 g/mol. The Hall–Kier alpha value is -3.09. The standard InChI is InChI=1S/C14H11FN2O4/c15-9-2-1-3-10(12(9)13(17)18)21-11-6-7(16)4-5-8(11)14(19)20/h1-6H,16H2,(H2,17,18)(H,19,20). The maximum Gasteiger partial charge on any atom is 0.339 e. The summed E-state index contributed by atoms with van der Waals surface area (Å²) < 4.78 is 18.9. The molecular weight excluding hydrogens is 279 g/mol. The maximum atomic E-state index is 13.6. The smallest absolute Gasteiger partial charge is 0.339 e. The summed E-state index contributed by atoms with van der Waals surface area (Å²) in [5, 5.41) is 9.08. The number of carboxylic acid groups (broad SMARTS) is 1. The Morgan fingerprint density at radius 3 is 2.48 bits per heavy atom. The molecule has 0 aliphatic rings. The molecule has 21 heavy (non-hydrogen) atoms. The Labute approximate surface area is 118 Å². The van der Waals surface area contributed by atoms with E-state index in [9.17, 15) is 14.0 Å². The van der Waals surface area contributed by atoms with Crippen molar-refractivity contribution in [3.05, 3.63) is 53.3 Å². The predicted molar refractivity (Wildman–Crippen MR) is 72.8 cm³/mol. The molecule has 0 saturated carbocycles. The molecule has 0 aromatic heterocycles. The van der Waals surface area contributed by atoms with Gasteiger partial charge in [0.25, 0.3) is 5.91 Å². The van der Waals surface area contributed by atoms with E-state index in [1.165, 1.54) is 30.3 Å². The molecule has 0 unspecified atom stereocenters. The number of benzene rings is 2. The number of aromatic carboxylic acids is 1. The van der Waals surface area contributed by atoms with Gasteiger partial charge in [0, 0.05) is 11.8 Å². The molecule has 7 heteroatoms. The Bertz CT molecular complexity index is 731. The van der Waals surface area contributed by atoms with E-state index in [2.05, 4.69) is 0 Å². The van der Waals surface area contributed by atoms with Crippen molar-refractivity contribution in [1.82, 2.24) is 0 Å². The van der Waals surface area contributed by atoms with E-state index in [1.807, 2.05) is 0 Å². The number of carbonyl (C=O) groups is 2. The molecule has 0 fully saturated rings. The average Bonchev–Trinajstić information content (AvgIpc) is 2.37. The number of nitrogen functional groups attached to an aromatic ring is 1. The molecule has 0 heterocycles. The highest BCUT2D eigenvalue weighted by molar-refractivity contribution is 5.96.